The Hall–Kier alpha value is -0.300. The first kappa shape index (κ1) is 19.7. The van der Waals surface area contributed by atoms with Gasteiger partial charge in [-0.2, -0.15) is 0 Å². The molecule has 0 aromatic carbocycles. The molecule has 0 unspecified atom stereocenters. The molecule has 0 saturated heterocycles. The van der Waals surface area contributed by atoms with Gasteiger partial charge in [-0.15, -0.1) is 35.3 Å². The zero-order valence-corrected chi connectivity index (χ0v) is 16.2. The minimum Gasteiger partial charge on any atom is -0.356 e. The Labute approximate surface area is 144 Å². The van der Waals surface area contributed by atoms with Gasteiger partial charge < -0.3 is 10.6 Å². The Balaban J connectivity index is 0.00000361. The van der Waals surface area contributed by atoms with Gasteiger partial charge in [0.15, 0.2) is 5.96 Å². The van der Waals surface area contributed by atoms with Crippen LogP contribution in [0.5, 0.6) is 0 Å². The molecule has 0 saturated carbocycles. The van der Waals surface area contributed by atoms with E-state index in [2.05, 4.69) is 53.9 Å². The van der Waals surface area contributed by atoms with E-state index in [4.69, 9.17) is 0 Å². The summed E-state index contributed by atoms with van der Waals surface area (Å²) in [6, 6.07) is 4.27. The molecule has 1 heterocycles. The minimum absolute atomic E-state index is 0. The average molecular weight is 409 g/mol. The summed E-state index contributed by atoms with van der Waals surface area (Å²) in [6.07, 6.45) is 3.46. The van der Waals surface area contributed by atoms with Crippen LogP contribution in [0, 0.1) is 5.41 Å². The van der Waals surface area contributed by atoms with E-state index in [1.165, 1.54) is 17.7 Å². The van der Waals surface area contributed by atoms with Crippen LogP contribution in [-0.4, -0.2) is 26.1 Å². The zero-order chi connectivity index (χ0) is 14.1. The molecule has 0 aliphatic carbocycles. The Morgan fingerprint density at radius 1 is 1.25 bits per heavy atom. The van der Waals surface area contributed by atoms with Gasteiger partial charge >= 0.3 is 0 Å². The first-order valence-corrected chi connectivity index (χ1v) is 7.86. The highest BCUT2D eigenvalue weighted by Crippen LogP contribution is 2.19. The molecule has 1 aromatic heterocycles. The van der Waals surface area contributed by atoms with E-state index >= 15 is 0 Å². The van der Waals surface area contributed by atoms with Crippen molar-refractivity contribution in [2.24, 2.45) is 10.4 Å². The number of guanidine groups is 1. The summed E-state index contributed by atoms with van der Waals surface area (Å²) in [5.74, 6) is 0.908. The maximum absolute atomic E-state index is 4.24. The van der Waals surface area contributed by atoms with Gasteiger partial charge in [0.2, 0.25) is 0 Å². The van der Waals surface area contributed by atoms with Crippen molar-refractivity contribution in [3.8, 4) is 0 Å². The van der Waals surface area contributed by atoms with Gasteiger partial charge in [0.25, 0.3) is 0 Å². The van der Waals surface area contributed by atoms with E-state index in [0.717, 1.165) is 25.5 Å². The molecule has 0 fully saturated rings. The Kier molecular flexibility index (Phi) is 10.3. The molecule has 5 heteroatoms. The van der Waals surface area contributed by atoms with Gasteiger partial charge in [-0.1, -0.05) is 26.8 Å². The van der Waals surface area contributed by atoms with Crippen LogP contribution in [0.25, 0.3) is 0 Å². The van der Waals surface area contributed by atoms with E-state index < -0.39 is 0 Å². The SMILES string of the molecule is CN=C(NCCCC(C)(C)C)NCCc1cccs1.I. The molecule has 0 aliphatic rings. The van der Waals surface area contributed by atoms with Crippen molar-refractivity contribution in [2.75, 3.05) is 20.1 Å². The van der Waals surface area contributed by atoms with E-state index in [-0.39, 0.29) is 24.0 Å². The molecule has 20 heavy (non-hydrogen) atoms. The lowest BCUT2D eigenvalue weighted by molar-refractivity contribution is 0.365. The predicted octanol–water partition coefficient (Wildman–Crippen LogP) is 3.90. The molecule has 1 rings (SSSR count). The van der Waals surface area contributed by atoms with Gasteiger partial charge in [-0.25, -0.2) is 0 Å². The predicted molar refractivity (Wildman–Crippen MR) is 101 cm³/mol. The normalized spacial score (nSPS) is 11.9. The van der Waals surface area contributed by atoms with Gasteiger partial charge in [-0.3, -0.25) is 4.99 Å². The van der Waals surface area contributed by atoms with E-state index in [1.54, 1.807) is 11.3 Å². The maximum atomic E-state index is 4.24. The molecule has 116 valence electrons. The third-order valence-corrected chi connectivity index (χ3v) is 3.80. The Morgan fingerprint density at radius 2 is 1.95 bits per heavy atom. The second-order valence-corrected chi connectivity index (χ2v) is 6.95. The quantitative estimate of drug-likeness (QED) is 0.324. The first-order chi connectivity index (χ1) is 9.01. The van der Waals surface area contributed by atoms with Crippen LogP contribution in [0.1, 0.15) is 38.5 Å². The molecular formula is C15H28IN3S. The summed E-state index contributed by atoms with van der Waals surface area (Å²) in [5.41, 5.74) is 0.414. The summed E-state index contributed by atoms with van der Waals surface area (Å²) in [7, 11) is 1.82. The van der Waals surface area contributed by atoms with Crippen molar-refractivity contribution in [3.63, 3.8) is 0 Å². The van der Waals surface area contributed by atoms with Crippen molar-refractivity contribution in [2.45, 2.75) is 40.0 Å². The highest BCUT2D eigenvalue weighted by atomic mass is 127. The van der Waals surface area contributed by atoms with Gasteiger partial charge in [0, 0.05) is 25.0 Å². The van der Waals surface area contributed by atoms with Crippen molar-refractivity contribution in [1.82, 2.24) is 10.6 Å². The van der Waals surface area contributed by atoms with Crippen LogP contribution in [-0.2, 0) is 6.42 Å². The van der Waals surface area contributed by atoms with Crippen LogP contribution < -0.4 is 10.6 Å². The lowest BCUT2D eigenvalue weighted by Crippen LogP contribution is -2.38. The van der Waals surface area contributed by atoms with E-state index in [1.807, 2.05) is 7.05 Å². The summed E-state index contributed by atoms with van der Waals surface area (Å²) >= 11 is 1.81. The number of thiophene rings is 1. The van der Waals surface area contributed by atoms with Crippen LogP contribution in [0.2, 0.25) is 0 Å². The summed E-state index contributed by atoms with van der Waals surface area (Å²) in [4.78, 5) is 5.65. The first-order valence-electron chi connectivity index (χ1n) is 6.98. The van der Waals surface area contributed by atoms with Gasteiger partial charge in [-0.05, 0) is 36.1 Å². The van der Waals surface area contributed by atoms with Gasteiger partial charge in [0.05, 0.1) is 0 Å². The fraction of sp³-hybridized carbons (Fsp3) is 0.667. The highest BCUT2D eigenvalue weighted by Gasteiger charge is 2.09. The Bertz CT molecular complexity index is 369. The lowest BCUT2D eigenvalue weighted by Gasteiger charge is -2.18. The van der Waals surface area contributed by atoms with E-state index in [0.29, 0.717) is 5.41 Å². The topological polar surface area (TPSA) is 36.4 Å². The molecule has 2 N–H and O–H groups in total. The van der Waals surface area contributed by atoms with Crippen LogP contribution in [0.15, 0.2) is 22.5 Å². The lowest BCUT2D eigenvalue weighted by atomic mass is 9.91. The summed E-state index contributed by atoms with van der Waals surface area (Å²) in [6.45, 7) is 8.75. The average Bonchev–Trinajstić information content (AvgIpc) is 2.84. The van der Waals surface area contributed by atoms with Crippen LogP contribution >= 0.6 is 35.3 Å². The molecule has 0 amide bonds. The molecule has 0 atom stereocenters. The number of nitrogens with zero attached hydrogens (tertiary/aromatic N) is 1. The molecule has 3 nitrogen and oxygen atoms in total. The van der Waals surface area contributed by atoms with Crippen molar-refractivity contribution in [3.05, 3.63) is 22.4 Å². The fourth-order valence-corrected chi connectivity index (χ4v) is 2.51. The second kappa shape index (κ2) is 10.4. The largest absolute Gasteiger partial charge is 0.356 e. The summed E-state index contributed by atoms with van der Waals surface area (Å²) < 4.78 is 0. The molecule has 0 aliphatic heterocycles. The molecule has 1 aromatic rings. The van der Waals surface area contributed by atoms with Crippen molar-refractivity contribution >= 4 is 41.3 Å². The number of rotatable bonds is 6. The minimum atomic E-state index is 0. The zero-order valence-electron chi connectivity index (χ0n) is 13.0. The molecule has 0 spiro atoms. The third kappa shape index (κ3) is 9.58. The summed E-state index contributed by atoms with van der Waals surface area (Å²) in [5, 5.41) is 8.84. The fourth-order valence-electron chi connectivity index (χ4n) is 1.81. The highest BCUT2D eigenvalue weighted by molar-refractivity contribution is 14.0. The standard InChI is InChI=1S/C15H27N3S.HI/c1-15(2,3)9-6-10-17-14(16-4)18-11-8-13-7-5-12-19-13;/h5,7,12H,6,8-11H2,1-4H3,(H2,16,17,18);1H. The van der Waals surface area contributed by atoms with Crippen LogP contribution in [0.3, 0.4) is 0 Å². The number of halogens is 1. The monoisotopic (exact) mass is 409 g/mol. The maximum Gasteiger partial charge on any atom is 0.190 e. The van der Waals surface area contributed by atoms with Crippen molar-refractivity contribution in [1.29, 1.82) is 0 Å². The van der Waals surface area contributed by atoms with Crippen LogP contribution in [0.4, 0.5) is 0 Å². The number of hydrogen-bond acceptors (Lipinski definition) is 2. The number of nitrogens with one attached hydrogen (secondary N) is 2. The molecular weight excluding hydrogens is 381 g/mol. The molecule has 0 radical (unpaired) electrons. The third-order valence-electron chi connectivity index (χ3n) is 2.86. The number of hydrogen-bond donors (Lipinski definition) is 2. The van der Waals surface area contributed by atoms with E-state index in [9.17, 15) is 0 Å². The number of aliphatic imine (C=N–C) groups is 1. The van der Waals surface area contributed by atoms with Crippen molar-refractivity contribution < 1.29 is 0 Å². The molecule has 0 bridgehead atoms. The smallest absolute Gasteiger partial charge is 0.190 e. The Morgan fingerprint density at radius 3 is 2.50 bits per heavy atom. The second-order valence-electron chi connectivity index (χ2n) is 5.92. The van der Waals surface area contributed by atoms with Gasteiger partial charge in [0.1, 0.15) is 0 Å².